The van der Waals surface area contributed by atoms with Crippen molar-refractivity contribution in [2.45, 2.75) is 50.8 Å². The van der Waals surface area contributed by atoms with Crippen LogP contribution in [0.15, 0.2) is 79.0 Å². The molecule has 1 unspecified atom stereocenters. The molecule has 3 aromatic carbocycles. The Morgan fingerprint density at radius 2 is 1.77 bits per heavy atom. The lowest BCUT2D eigenvalue weighted by molar-refractivity contribution is 0.0639. The third kappa shape index (κ3) is 5.21. The Balaban J connectivity index is 1.19. The van der Waals surface area contributed by atoms with E-state index in [9.17, 15) is 14.0 Å². The Bertz CT molecular complexity index is 1550. The van der Waals surface area contributed by atoms with Crippen molar-refractivity contribution in [2.75, 3.05) is 7.11 Å². The van der Waals surface area contributed by atoms with E-state index < -0.39 is 6.09 Å². The number of hydrogen-bond donors (Lipinski definition) is 0. The number of aryl methyl sites for hydroxylation is 1. The maximum atomic E-state index is 14.4. The molecule has 1 fully saturated rings. The van der Waals surface area contributed by atoms with Crippen LogP contribution in [-0.2, 0) is 24.2 Å². The van der Waals surface area contributed by atoms with Crippen LogP contribution in [0, 0.1) is 5.82 Å². The molecule has 2 aliphatic carbocycles. The minimum atomic E-state index is -0.524. The van der Waals surface area contributed by atoms with E-state index in [1.807, 2.05) is 35.2 Å². The first-order chi connectivity index (χ1) is 19.5. The Labute approximate surface area is 232 Å². The molecule has 40 heavy (non-hydrogen) atoms. The van der Waals surface area contributed by atoms with Crippen LogP contribution >= 0.6 is 0 Å². The van der Waals surface area contributed by atoms with E-state index in [2.05, 4.69) is 5.10 Å². The molecule has 1 aromatic heterocycles. The van der Waals surface area contributed by atoms with Gasteiger partial charge in [0.1, 0.15) is 18.2 Å². The predicted octanol–water partition coefficient (Wildman–Crippen LogP) is 6.04. The van der Waals surface area contributed by atoms with E-state index >= 15 is 0 Å². The number of methoxy groups -OCH3 is 1. The average Bonchev–Trinajstić information content (AvgIpc) is 3.73. The van der Waals surface area contributed by atoms with Gasteiger partial charge in [0, 0.05) is 23.8 Å². The second kappa shape index (κ2) is 11.0. The molecule has 0 spiro atoms. The summed E-state index contributed by atoms with van der Waals surface area (Å²) in [5.41, 5.74) is 4.29. The van der Waals surface area contributed by atoms with Crippen LogP contribution in [0.2, 0.25) is 0 Å². The maximum absolute atomic E-state index is 14.4. The highest BCUT2D eigenvalue weighted by Gasteiger charge is 2.40. The summed E-state index contributed by atoms with van der Waals surface area (Å²) in [7, 11) is 1.52. The van der Waals surface area contributed by atoms with Crippen molar-refractivity contribution in [2.24, 2.45) is 0 Å². The first-order valence-corrected chi connectivity index (χ1v) is 13.6. The topological polar surface area (TPSA) is 73.7 Å². The van der Waals surface area contributed by atoms with Gasteiger partial charge in [-0.25, -0.2) is 9.18 Å². The monoisotopic (exact) mass is 539 g/mol. The number of halogens is 1. The second-order valence-electron chi connectivity index (χ2n) is 10.3. The smallest absolute Gasteiger partial charge is 0.435 e. The number of rotatable bonds is 7. The Morgan fingerprint density at radius 3 is 2.52 bits per heavy atom. The van der Waals surface area contributed by atoms with Crippen molar-refractivity contribution in [3.05, 3.63) is 107 Å². The lowest BCUT2D eigenvalue weighted by Gasteiger charge is -2.34. The van der Waals surface area contributed by atoms with Crippen molar-refractivity contribution in [1.29, 1.82) is 0 Å². The van der Waals surface area contributed by atoms with Crippen molar-refractivity contribution in [3.8, 4) is 16.9 Å². The van der Waals surface area contributed by atoms with E-state index in [1.165, 1.54) is 17.9 Å². The van der Waals surface area contributed by atoms with Crippen molar-refractivity contribution in [3.63, 3.8) is 0 Å². The zero-order valence-corrected chi connectivity index (χ0v) is 22.3. The fourth-order valence-electron chi connectivity index (χ4n) is 5.45. The highest BCUT2D eigenvalue weighted by atomic mass is 19.1. The van der Waals surface area contributed by atoms with Gasteiger partial charge in [-0.15, -0.1) is 0 Å². The molecule has 7 nitrogen and oxygen atoms in total. The van der Waals surface area contributed by atoms with Crippen LogP contribution in [0.4, 0.5) is 9.18 Å². The number of amides is 1. The third-order valence-corrected chi connectivity index (χ3v) is 7.62. The highest BCUT2D eigenvalue weighted by molar-refractivity contribution is 5.98. The summed E-state index contributed by atoms with van der Waals surface area (Å²) in [5.74, 6) is -0.00447. The van der Waals surface area contributed by atoms with Crippen molar-refractivity contribution >= 4 is 12.0 Å². The zero-order valence-electron chi connectivity index (χ0n) is 22.3. The lowest BCUT2D eigenvalue weighted by Crippen LogP contribution is -2.45. The number of carbonyl (C=O) groups excluding carboxylic acids is 2. The Kier molecular flexibility index (Phi) is 7.07. The molecule has 1 atom stereocenters. The standard InChI is InChI=1S/C32H30FN3O4/c1-39-30-18-22(26-9-5-6-10-28(26)33)11-15-27(30)31(37)36(24-12-13-24)25-14-16-29-23(17-25)19-35(34-29)32(38)40-20-21-7-3-2-4-8-21/h2-11,15,18-19,24-25H,12-14,16-17,20H2,1H3. The first kappa shape index (κ1) is 25.8. The summed E-state index contributed by atoms with van der Waals surface area (Å²) in [5, 5.41) is 4.48. The van der Waals surface area contributed by atoms with Gasteiger partial charge in [-0.1, -0.05) is 54.6 Å². The second-order valence-corrected chi connectivity index (χ2v) is 10.3. The maximum Gasteiger partial charge on any atom is 0.435 e. The number of benzene rings is 3. The van der Waals surface area contributed by atoms with Gasteiger partial charge < -0.3 is 14.4 Å². The minimum absolute atomic E-state index is 0.0264. The van der Waals surface area contributed by atoms with Crippen LogP contribution in [0.25, 0.3) is 11.1 Å². The summed E-state index contributed by atoms with van der Waals surface area (Å²) >= 11 is 0. The third-order valence-electron chi connectivity index (χ3n) is 7.62. The summed E-state index contributed by atoms with van der Waals surface area (Å²) in [6.07, 6.45) is 5.14. The van der Waals surface area contributed by atoms with Crippen LogP contribution in [0.5, 0.6) is 5.75 Å². The molecule has 8 heteroatoms. The molecule has 204 valence electrons. The fourth-order valence-corrected chi connectivity index (χ4v) is 5.45. The van der Waals surface area contributed by atoms with Crippen molar-refractivity contribution < 1.29 is 23.5 Å². The summed E-state index contributed by atoms with van der Waals surface area (Å²) in [4.78, 5) is 28.6. The van der Waals surface area contributed by atoms with Gasteiger partial charge in [-0.05, 0) is 67.0 Å². The molecule has 0 aliphatic heterocycles. The summed E-state index contributed by atoms with van der Waals surface area (Å²) in [6.45, 7) is 0.175. The van der Waals surface area contributed by atoms with Gasteiger partial charge in [0.15, 0.2) is 0 Å². The van der Waals surface area contributed by atoms with E-state index in [4.69, 9.17) is 9.47 Å². The van der Waals surface area contributed by atoms with Gasteiger partial charge in [-0.3, -0.25) is 4.79 Å². The van der Waals surface area contributed by atoms with Crippen molar-refractivity contribution in [1.82, 2.24) is 14.7 Å². The molecular formula is C32H30FN3O4. The van der Waals surface area contributed by atoms with Gasteiger partial charge in [0.25, 0.3) is 5.91 Å². The number of nitrogens with zero attached hydrogens (tertiary/aromatic N) is 3. The van der Waals surface area contributed by atoms with E-state index in [1.54, 1.807) is 42.6 Å². The molecule has 1 saturated carbocycles. The quantitative estimate of drug-likeness (QED) is 0.286. The molecule has 6 rings (SSSR count). The largest absolute Gasteiger partial charge is 0.496 e. The van der Waals surface area contributed by atoms with E-state index in [0.29, 0.717) is 35.3 Å². The number of hydrogen-bond acceptors (Lipinski definition) is 5. The van der Waals surface area contributed by atoms with Gasteiger partial charge in [0.05, 0.1) is 18.4 Å². The highest BCUT2D eigenvalue weighted by Crippen LogP contribution is 2.37. The lowest BCUT2D eigenvalue weighted by atomic mass is 9.91. The van der Waals surface area contributed by atoms with E-state index in [0.717, 1.165) is 36.1 Å². The normalized spacial score (nSPS) is 16.2. The molecule has 0 saturated heterocycles. The zero-order chi connectivity index (χ0) is 27.6. The molecule has 0 radical (unpaired) electrons. The average molecular weight is 540 g/mol. The molecule has 1 heterocycles. The number of carbonyl (C=O) groups is 2. The molecule has 0 bridgehead atoms. The number of fused-ring (bicyclic) bond motifs is 1. The van der Waals surface area contributed by atoms with Crippen LogP contribution in [0.3, 0.4) is 0 Å². The molecule has 2 aliphatic rings. The number of ether oxygens (including phenoxy) is 2. The van der Waals surface area contributed by atoms with Crippen LogP contribution in [0.1, 0.15) is 46.4 Å². The minimum Gasteiger partial charge on any atom is -0.496 e. The van der Waals surface area contributed by atoms with Gasteiger partial charge in [0.2, 0.25) is 0 Å². The SMILES string of the molecule is COc1cc(-c2ccccc2F)ccc1C(=O)N(C1CC1)C1CCc2nn(C(=O)OCc3ccccc3)cc2C1. The van der Waals surface area contributed by atoms with Gasteiger partial charge >= 0.3 is 6.09 Å². The number of aromatic nitrogens is 2. The Morgan fingerprint density at radius 1 is 1.00 bits per heavy atom. The summed E-state index contributed by atoms with van der Waals surface area (Å²) in [6, 6.07) is 21.4. The first-order valence-electron chi connectivity index (χ1n) is 13.6. The molecule has 1 amide bonds. The molecule has 4 aromatic rings. The van der Waals surface area contributed by atoms with Gasteiger partial charge in [-0.2, -0.15) is 9.78 Å². The van der Waals surface area contributed by atoms with Crippen LogP contribution in [-0.4, -0.2) is 45.9 Å². The van der Waals surface area contributed by atoms with E-state index in [-0.39, 0.29) is 30.4 Å². The molecular weight excluding hydrogens is 509 g/mol. The predicted molar refractivity (Wildman–Crippen MR) is 148 cm³/mol. The molecule has 0 N–H and O–H groups in total. The van der Waals surface area contributed by atoms with Crippen LogP contribution < -0.4 is 4.74 Å². The fraction of sp³-hybridized carbons (Fsp3) is 0.281. The Hall–Kier alpha value is -4.46. The summed E-state index contributed by atoms with van der Waals surface area (Å²) < 4.78 is 26.7.